The number of nitrogens with one attached hydrogen (secondary N) is 2. The van der Waals surface area contributed by atoms with Crippen LogP contribution in [0.4, 0.5) is 17.1 Å². The second kappa shape index (κ2) is 11.5. The number of benzene rings is 1. The summed E-state index contributed by atoms with van der Waals surface area (Å²) >= 11 is 0. The van der Waals surface area contributed by atoms with Crippen LogP contribution in [-0.2, 0) is 0 Å². The van der Waals surface area contributed by atoms with Gasteiger partial charge in [-0.05, 0) is 68.6 Å². The minimum absolute atomic E-state index is 0.0990. The Hall–Kier alpha value is -3.89. The number of rotatable bonds is 6. The van der Waals surface area contributed by atoms with E-state index in [-0.39, 0.29) is 29.6 Å². The topological polar surface area (TPSA) is 151 Å². The van der Waals surface area contributed by atoms with Gasteiger partial charge in [0, 0.05) is 49.2 Å². The highest BCUT2D eigenvalue weighted by atomic mass is 16.1. The van der Waals surface area contributed by atoms with Gasteiger partial charge in [-0.1, -0.05) is 19.1 Å². The normalized spacial score (nSPS) is 22.8. The predicted octanol–water partition coefficient (Wildman–Crippen LogP) is 2.45. The molecule has 0 saturated carbocycles. The summed E-state index contributed by atoms with van der Waals surface area (Å²) in [6.07, 6.45) is 8.81. The number of hydrogen-bond donors (Lipinski definition) is 5. The monoisotopic (exact) mass is 529 g/mol. The SMILES string of the molecule is C[C@H]1CN(c2ccncc2NC(=O)c2nc3cc(C4CCN(C)CC4)ccc3cc2N)C[C@@H](N)[C@H]1N/C=C\N. The van der Waals surface area contributed by atoms with E-state index in [9.17, 15) is 4.79 Å². The Morgan fingerprint density at radius 1 is 1.15 bits per heavy atom. The second-order valence-electron chi connectivity index (χ2n) is 10.9. The Morgan fingerprint density at radius 3 is 2.69 bits per heavy atom. The molecule has 2 aromatic heterocycles. The fraction of sp³-hybridized carbons (Fsp3) is 0.414. The first-order valence-electron chi connectivity index (χ1n) is 13.6. The van der Waals surface area contributed by atoms with Crippen molar-refractivity contribution in [3.05, 3.63) is 66.4 Å². The van der Waals surface area contributed by atoms with Crippen LogP contribution < -0.4 is 32.7 Å². The van der Waals surface area contributed by atoms with Crippen molar-refractivity contribution in [2.24, 2.45) is 17.4 Å². The van der Waals surface area contributed by atoms with Gasteiger partial charge in [0.15, 0.2) is 5.69 Å². The van der Waals surface area contributed by atoms with Gasteiger partial charge in [0.25, 0.3) is 5.91 Å². The molecule has 39 heavy (non-hydrogen) atoms. The number of amides is 1. The number of fused-ring (bicyclic) bond motifs is 1. The molecular weight excluding hydrogens is 490 g/mol. The molecule has 8 N–H and O–H groups in total. The second-order valence-corrected chi connectivity index (χ2v) is 10.9. The first kappa shape index (κ1) is 26.7. The molecule has 0 radical (unpaired) electrons. The minimum atomic E-state index is -0.365. The van der Waals surface area contributed by atoms with Gasteiger partial charge in [0.2, 0.25) is 0 Å². The number of nitrogens with zero attached hydrogens (tertiary/aromatic N) is 4. The van der Waals surface area contributed by atoms with E-state index in [0.29, 0.717) is 23.8 Å². The molecule has 2 aliphatic heterocycles. The Bertz CT molecular complexity index is 1340. The summed E-state index contributed by atoms with van der Waals surface area (Å²) < 4.78 is 0. The van der Waals surface area contributed by atoms with Crippen molar-refractivity contribution < 1.29 is 4.79 Å². The molecule has 5 rings (SSSR count). The Balaban J connectivity index is 1.36. The summed E-state index contributed by atoms with van der Waals surface area (Å²) in [5.41, 5.74) is 22.4. The molecule has 3 atom stereocenters. The summed E-state index contributed by atoms with van der Waals surface area (Å²) in [5.74, 6) is 0.383. The largest absolute Gasteiger partial charge is 0.403 e. The molecule has 0 bridgehead atoms. The average Bonchev–Trinajstić information content (AvgIpc) is 2.92. The smallest absolute Gasteiger partial charge is 0.276 e. The van der Waals surface area contributed by atoms with E-state index in [1.165, 1.54) is 11.8 Å². The fourth-order valence-corrected chi connectivity index (χ4v) is 5.90. The first-order valence-corrected chi connectivity index (χ1v) is 13.6. The third kappa shape index (κ3) is 5.76. The van der Waals surface area contributed by atoms with E-state index >= 15 is 0 Å². The maximum atomic E-state index is 13.5. The third-order valence-corrected chi connectivity index (χ3v) is 8.06. The highest BCUT2D eigenvalue weighted by Crippen LogP contribution is 2.32. The van der Waals surface area contributed by atoms with Gasteiger partial charge in [-0.15, -0.1) is 0 Å². The van der Waals surface area contributed by atoms with Gasteiger partial charge < -0.3 is 37.6 Å². The highest BCUT2D eigenvalue weighted by molar-refractivity contribution is 6.09. The van der Waals surface area contributed by atoms with Crippen LogP contribution in [0.5, 0.6) is 0 Å². The number of pyridine rings is 2. The first-order chi connectivity index (χ1) is 18.8. The summed E-state index contributed by atoms with van der Waals surface area (Å²) in [5, 5.41) is 7.23. The number of carbonyl (C=O) groups is 1. The summed E-state index contributed by atoms with van der Waals surface area (Å²) in [6, 6.07) is 10.0. The zero-order valence-electron chi connectivity index (χ0n) is 22.7. The van der Waals surface area contributed by atoms with Gasteiger partial charge >= 0.3 is 0 Å². The van der Waals surface area contributed by atoms with Gasteiger partial charge in [-0.2, -0.15) is 0 Å². The molecule has 4 heterocycles. The van der Waals surface area contributed by atoms with Crippen LogP contribution in [-0.4, -0.2) is 66.1 Å². The number of anilines is 3. The van der Waals surface area contributed by atoms with Crippen molar-refractivity contribution in [3.63, 3.8) is 0 Å². The highest BCUT2D eigenvalue weighted by Gasteiger charge is 2.33. The lowest BCUT2D eigenvalue weighted by molar-refractivity contribution is 0.102. The summed E-state index contributed by atoms with van der Waals surface area (Å²) in [7, 11) is 2.16. The van der Waals surface area contributed by atoms with Crippen molar-refractivity contribution in [3.8, 4) is 0 Å². The van der Waals surface area contributed by atoms with Crippen LogP contribution in [0.3, 0.4) is 0 Å². The molecule has 3 aromatic rings. The molecule has 2 fully saturated rings. The average molecular weight is 530 g/mol. The van der Waals surface area contributed by atoms with E-state index in [1.54, 1.807) is 18.6 Å². The van der Waals surface area contributed by atoms with Crippen LogP contribution in [0.25, 0.3) is 10.9 Å². The van der Waals surface area contributed by atoms with Gasteiger partial charge in [0.05, 0.1) is 28.8 Å². The lowest BCUT2D eigenvalue weighted by atomic mass is 9.89. The van der Waals surface area contributed by atoms with E-state index in [0.717, 1.165) is 49.1 Å². The number of nitrogens with two attached hydrogens (primary N) is 3. The lowest BCUT2D eigenvalue weighted by Gasteiger charge is -2.42. The number of piperidine rings is 2. The molecule has 2 saturated heterocycles. The Labute approximate surface area is 229 Å². The number of hydrogen-bond acceptors (Lipinski definition) is 9. The van der Waals surface area contributed by atoms with Crippen molar-refractivity contribution in [2.45, 2.75) is 37.8 Å². The molecule has 1 aromatic carbocycles. The molecule has 10 heteroatoms. The Kier molecular flexibility index (Phi) is 7.85. The predicted molar refractivity (Wildman–Crippen MR) is 157 cm³/mol. The standard InChI is InChI=1S/C29H39N9O/c1-18-16-38(17-23(32)27(18)34-10-8-30)26-5-9-33-15-25(26)36-29(39)28-22(31)13-21-4-3-20(14-24(21)35-28)19-6-11-37(2)12-7-19/h3-5,8-10,13-15,18-19,23,27,34H,6-7,11-12,16-17,30-32H2,1-2H3,(H,36,39)/b10-8-/t18-,23+,27-/m0/s1. The molecule has 0 spiro atoms. The molecule has 1 amide bonds. The van der Waals surface area contributed by atoms with E-state index in [4.69, 9.17) is 22.2 Å². The molecule has 206 valence electrons. The van der Waals surface area contributed by atoms with E-state index in [1.807, 2.05) is 12.1 Å². The number of carbonyl (C=O) groups excluding carboxylic acids is 1. The number of likely N-dealkylation sites (tertiary alicyclic amines) is 1. The van der Waals surface area contributed by atoms with Gasteiger partial charge in [-0.25, -0.2) is 4.98 Å². The Morgan fingerprint density at radius 2 is 1.95 bits per heavy atom. The molecule has 0 aliphatic carbocycles. The zero-order valence-corrected chi connectivity index (χ0v) is 22.7. The molecule has 2 aliphatic rings. The fourth-order valence-electron chi connectivity index (χ4n) is 5.90. The summed E-state index contributed by atoms with van der Waals surface area (Å²) in [6.45, 7) is 5.69. The molecule has 0 unspecified atom stereocenters. The maximum absolute atomic E-state index is 13.5. The van der Waals surface area contributed by atoms with Crippen LogP contribution in [0.1, 0.15) is 41.7 Å². The van der Waals surface area contributed by atoms with Crippen molar-refractivity contribution in [1.82, 2.24) is 20.2 Å². The summed E-state index contributed by atoms with van der Waals surface area (Å²) in [4.78, 5) is 27.0. The zero-order chi connectivity index (χ0) is 27.5. The van der Waals surface area contributed by atoms with Crippen molar-refractivity contribution >= 4 is 33.9 Å². The molecular formula is C29H39N9O. The van der Waals surface area contributed by atoms with E-state index < -0.39 is 0 Å². The number of nitrogen functional groups attached to an aromatic ring is 1. The van der Waals surface area contributed by atoms with Crippen LogP contribution in [0.15, 0.2) is 55.1 Å². The van der Waals surface area contributed by atoms with E-state index in [2.05, 4.69) is 57.6 Å². The molecule has 10 nitrogen and oxygen atoms in total. The quantitative estimate of drug-likeness (QED) is 0.324. The van der Waals surface area contributed by atoms with Gasteiger partial charge in [-0.3, -0.25) is 9.78 Å². The third-order valence-electron chi connectivity index (χ3n) is 8.06. The number of aromatic nitrogens is 2. The van der Waals surface area contributed by atoms with Crippen LogP contribution >= 0.6 is 0 Å². The lowest BCUT2D eigenvalue weighted by Crippen LogP contribution is -2.60. The van der Waals surface area contributed by atoms with Crippen LogP contribution in [0.2, 0.25) is 0 Å². The van der Waals surface area contributed by atoms with Crippen molar-refractivity contribution in [1.29, 1.82) is 0 Å². The van der Waals surface area contributed by atoms with Crippen LogP contribution in [0, 0.1) is 5.92 Å². The van der Waals surface area contributed by atoms with Gasteiger partial charge in [0.1, 0.15) is 0 Å². The van der Waals surface area contributed by atoms with Crippen molar-refractivity contribution in [2.75, 3.05) is 49.2 Å². The maximum Gasteiger partial charge on any atom is 0.276 e. The minimum Gasteiger partial charge on any atom is -0.403 e.